The molecular formula is C54H34N2. The topological polar surface area (TPSA) is 9.86 Å². The summed E-state index contributed by atoms with van der Waals surface area (Å²) >= 11 is 0. The maximum absolute atomic E-state index is 2.49. The van der Waals surface area contributed by atoms with Crippen LogP contribution in [0.25, 0.3) is 110 Å². The Morgan fingerprint density at radius 2 is 0.714 bits per heavy atom. The zero-order chi connectivity index (χ0) is 36.7. The van der Waals surface area contributed by atoms with Crippen molar-refractivity contribution in [1.82, 2.24) is 9.13 Å². The van der Waals surface area contributed by atoms with Crippen molar-refractivity contribution in [2.45, 2.75) is 0 Å². The SMILES string of the molecule is c1ccc(-n2c3ccccc3c3c2ccc2c4ccccc4n(-c4cccc(-c5cccc(-c6ccc7c8ccccc8c8ccccc8c7c6)c5)c4)c23)cc1. The molecule has 0 amide bonds. The first-order chi connectivity index (χ1) is 27.8. The predicted octanol–water partition coefficient (Wildman–Crippen LogP) is 14.7. The molecule has 0 atom stereocenters. The highest BCUT2D eigenvalue weighted by Gasteiger charge is 2.21. The van der Waals surface area contributed by atoms with E-state index in [9.17, 15) is 0 Å². The minimum atomic E-state index is 1.15. The summed E-state index contributed by atoms with van der Waals surface area (Å²) < 4.78 is 4.90. The molecule has 0 saturated heterocycles. The third-order valence-corrected chi connectivity index (χ3v) is 11.9. The van der Waals surface area contributed by atoms with Crippen molar-refractivity contribution < 1.29 is 0 Å². The zero-order valence-corrected chi connectivity index (χ0v) is 30.5. The van der Waals surface area contributed by atoms with Gasteiger partial charge < -0.3 is 9.13 Å². The van der Waals surface area contributed by atoms with E-state index in [-0.39, 0.29) is 0 Å². The lowest BCUT2D eigenvalue weighted by Gasteiger charge is -2.13. The van der Waals surface area contributed by atoms with Crippen LogP contribution in [0.1, 0.15) is 0 Å². The number of hydrogen-bond acceptors (Lipinski definition) is 0. The quantitative estimate of drug-likeness (QED) is 0.161. The van der Waals surface area contributed by atoms with E-state index in [4.69, 9.17) is 0 Å². The molecule has 12 aromatic rings. The van der Waals surface area contributed by atoms with E-state index in [1.165, 1.54) is 98.2 Å². The first kappa shape index (κ1) is 31.0. The van der Waals surface area contributed by atoms with Gasteiger partial charge in [0.05, 0.1) is 22.1 Å². The number of hydrogen-bond donors (Lipinski definition) is 0. The minimum Gasteiger partial charge on any atom is -0.309 e. The summed E-state index contributed by atoms with van der Waals surface area (Å²) in [5, 5.41) is 12.8. The van der Waals surface area contributed by atoms with E-state index in [1.807, 2.05) is 0 Å². The van der Waals surface area contributed by atoms with Crippen molar-refractivity contribution in [3.8, 4) is 33.6 Å². The van der Waals surface area contributed by atoms with E-state index in [2.05, 4.69) is 215 Å². The first-order valence-electron chi connectivity index (χ1n) is 19.4. The molecule has 2 heteroatoms. The van der Waals surface area contributed by atoms with Gasteiger partial charge >= 0.3 is 0 Å². The van der Waals surface area contributed by atoms with Gasteiger partial charge in [0.2, 0.25) is 0 Å². The van der Waals surface area contributed by atoms with Gasteiger partial charge in [-0.2, -0.15) is 0 Å². The number of rotatable bonds is 4. The van der Waals surface area contributed by atoms with Gasteiger partial charge in [0.15, 0.2) is 0 Å². The summed E-state index contributed by atoms with van der Waals surface area (Å²) in [7, 11) is 0. The Kier molecular flexibility index (Phi) is 6.66. The van der Waals surface area contributed by atoms with Crippen LogP contribution in [0.15, 0.2) is 206 Å². The molecule has 0 aliphatic heterocycles. The summed E-state index contributed by atoms with van der Waals surface area (Å²) in [4.78, 5) is 0. The van der Waals surface area contributed by atoms with Gasteiger partial charge in [-0.1, -0.05) is 152 Å². The van der Waals surface area contributed by atoms with Crippen LogP contribution in [0.5, 0.6) is 0 Å². The zero-order valence-electron chi connectivity index (χ0n) is 30.5. The third kappa shape index (κ3) is 4.50. The Bertz CT molecular complexity index is 3490. The van der Waals surface area contributed by atoms with Crippen LogP contribution in [-0.4, -0.2) is 9.13 Å². The van der Waals surface area contributed by atoms with Crippen LogP contribution >= 0.6 is 0 Å². The number of para-hydroxylation sites is 3. The molecule has 0 aliphatic carbocycles. The second-order valence-electron chi connectivity index (χ2n) is 14.9. The molecule has 0 spiro atoms. The van der Waals surface area contributed by atoms with Gasteiger partial charge in [-0.25, -0.2) is 0 Å². The van der Waals surface area contributed by atoms with Gasteiger partial charge in [0.1, 0.15) is 0 Å². The lowest BCUT2D eigenvalue weighted by molar-refractivity contribution is 1.17. The molecule has 0 fully saturated rings. The van der Waals surface area contributed by atoms with Gasteiger partial charge in [-0.05, 0) is 109 Å². The lowest BCUT2D eigenvalue weighted by Crippen LogP contribution is -1.96. The van der Waals surface area contributed by atoms with Crippen molar-refractivity contribution in [3.63, 3.8) is 0 Å². The number of aromatic nitrogens is 2. The fraction of sp³-hybridized carbons (Fsp3) is 0. The molecule has 2 aromatic heterocycles. The largest absolute Gasteiger partial charge is 0.309 e. The summed E-state index contributed by atoms with van der Waals surface area (Å²) in [6, 6.07) is 75.7. The molecule has 0 saturated carbocycles. The van der Waals surface area contributed by atoms with Gasteiger partial charge in [0.25, 0.3) is 0 Å². The Labute approximate surface area is 323 Å². The van der Waals surface area contributed by atoms with Crippen molar-refractivity contribution >= 4 is 75.9 Å². The predicted molar refractivity (Wildman–Crippen MR) is 239 cm³/mol. The number of fused-ring (bicyclic) bond motifs is 13. The Morgan fingerprint density at radius 1 is 0.232 bits per heavy atom. The Balaban J connectivity index is 1.05. The van der Waals surface area contributed by atoms with Crippen LogP contribution in [-0.2, 0) is 0 Å². The van der Waals surface area contributed by atoms with Crippen LogP contribution in [0.2, 0.25) is 0 Å². The first-order valence-corrected chi connectivity index (χ1v) is 19.4. The normalized spacial score (nSPS) is 11.9. The second-order valence-corrected chi connectivity index (χ2v) is 14.9. The molecule has 2 heterocycles. The molecule has 2 nitrogen and oxygen atoms in total. The van der Waals surface area contributed by atoms with Crippen molar-refractivity contribution in [2.75, 3.05) is 0 Å². The summed E-state index contributed by atoms with van der Waals surface area (Å²) in [5.41, 5.74) is 12.0. The molecular weight excluding hydrogens is 677 g/mol. The Morgan fingerprint density at radius 3 is 1.41 bits per heavy atom. The monoisotopic (exact) mass is 710 g/mol. The minimum absolute atomic E-state index is 1.15. The Hall–Kier alpha value is -7.42. The second kappa shape index (κ2) is 12.0. The van der Waals surface area contributed by atoms with Crippen LogP contribution in [0, 0.1) is 0 Å². The third-order valence-electron chi connectivity index (χ3n) is 11.9. The maximum atomic E-state index is 2.49. The fourth-order valence-electron chi connectivity index (χ4n) is 9.42. The van der Waals surface area contributed by atoms with E-state index in [1.54, 1.807) is 0 Å². The van der Waals surface area contributed by atoms with Crippen molar-refractivity contribution in [1.29, 1.82) is 0 Å². The highest BCUT2D eigenvalue weighted by molar-refractivity contribution is 6.27. The number of benzene rings is 10. The highest BCUT2D eigenvalue weighted by atomic mass is 15.0. The molecule has 10 aromatic carbocycles. The molecule has 0 bridgehead atoms. The van der Waals surface area contributed by atoms with Gasteiger partial charge in [-0.15, -0.1) is 0 Å². The van der Waals surface area contributed by atoms with Crippen molar-refractivity contribution in [3.05, 3.63) is 206 Å². The summed E-state index contributed by atoms with van der Waals surface area (Å²) in [5.74, 6) is 0. The van der Waals surface area contributed by atoms with Gasteiger partial charge in [-0.3, -0.25) is 0 Å². The summed E-state index contributed by atoms with van der Waals surface area (Å²) in [6.45, 7) is 0. The van der Waals surface area contributed by atoms with Crippen LogP contribution < -0.4 is 0 Å². The van der Waals surface area contributed by atoms with E-state index in [0.717, 1.165) is 11.4 Å². The van der Waals surface area contributed by atoms with Crippen molar-refractivity contribution in [2.24, 2.45) is 0 Å². The maximum Gasteiger partial charge on any atom is 0.0641 e. The molecule has 0 N–H and O–H groups in total. The van der Waals surface area contributed by atoms with E-state index < -0.39 is 0 Å². The molecule has 260 valence electrons. The standard InChI is InChI=1S/C54H34N2/c1-2-17-39(18-3-1)55-51-27-11-9-25-48(51)53-52(55)31-30-47-46-24-8-10-26-50(46)56(54(47)53)40-19-13-16-37(33-40)35-14-12-15-36(32-35)38-28-29-45-43-22-5-4-20-41(43)42-21-6-7-23-44(42)49(45)34-38/h1-34H. The molecule has 12 rings (SSSR count). The smallest absolute Gasteiger partial charge is 0.0641 e. The van der Waals surface area contributed by atoms with Gasteiger partial charge in [0, 0.05) is 32.9 Å². The molecule has 0 radical (unpaired) electrons. The fourth-order valence-corrected chi connectivity index (χ4v) is 9.42. The average molecular weight is 711 g/mol. The van der Waals surface area contributed by atoms with Crippen LogP contribution in [0.3, 0.4) is 0 Å². The average Bonchev–Trinajstić information content (AvgIpc) is 3.80. The number of nitrogens with zero attached hydrogens (tertiary/aromatic N) is 2. The molecule has 0 unspecified atom stereocenters. The van der Waals surface area contributed by atoms with E-state index >= 15 is 0 Å². The summed E-state index contributed by atoms with van der Waals surface area (Å²) in [6.07, 6.45) is 0. The lowest BCUT2D eigenvalue weighted by atomic mass is 9.91. The molecule has 0 aliphatic rings. The molecule has 56 heavy (non-hydrogen) atoms. The van der Waals surface area contributed by atoms with E-state index in [0.29, 0.717) is 0 Å². The van der Waals surface area contributed by atoms with Crippen LogP contribution in [0.4, 0.5) is 0 Å². The highest BCUT2D eigenvalue weighted by Crippen LogP contribution is 2.43.